The van der Waals surface area contributed by atoms with Crippen LogP contribution in [-0.4, -0.2) is 48.6 Å². The van der Waals surface area contributed by atoms with Crippen LogP contribution in [0.3, 0.4) is 0 Å². The summed E-state index contributed by atoms with van der Waals surface area (Å²) < 4.78 is 5.71. The molecular formula is C19H19N3O2. The average Bonchev–Trinajstić information content (AvgIpc) is 2.68. The van der Waals surface area contributed by atoms with Crippen molar-refractivity contribution in [2.75, 3.05) is 37.7 Å². The zero-order chi connectivity index (χ0) is 16.4. The lowest BCUT2D eigenvalue weighted by atomic mass is 10.1. The molecule has 0 atom stereocenters. The number of hydrogen-bond donors (Lipinski definition) is 0. The average molecular weight is 321 g/mol. The van der Waals surface area contributed by atoms with Crippen LogP contribution in [-0.2, 0) is 4.79 Å². The van der Waals surface area contributed by atoms with Crippen LogP contribution >= 0.6 is 0 Å². The second kappa shape index (κ2) is 6.35. The van der Waals surface area contributed by atoms with Crippen LogP contribution in [0.25, 0.3) is 6.08 Å². The molecule has 3 heterocycles. The summed E-state index contributed by atoms with van der Waals surface area (Å²) in [5.74, 6) is 0.926. The molecule has 0 unspecified atom stereocenters. The van der Waals surface area contributed by atoms with Gasteiger partial charge in [-0.25, -0.2) is 0 Å². The van der Waals surface area contributed by atoms with Gasteiger partial charge < -0.3 is 14.5 Å². The number of fused-ring (bicyclic) bond motifs is 1. The molecule has 0 aliphatic carbocycles. The van der Waals surface area contributed by atoms with Gasteiger partial charge in [0.1, 0.15) is 12.4 Å². The summed E-state index contributed by atoms with van der Waals surface area (Å²) >= 11 is 0. The molecule has 0 saturated carbocycles. The second-order valence-electron chi connectivity index (χ2n) is 5.98. The Bertz CT molecular complexity index is 765. The molecule has 2 aliphatic heterocycles. The highest BCUT2D eigenvalue weighted by atomic mass is 16.5. The van der Waals surface area contributed by atoms with Crippen molar-refractivity contribution in [2.45, 2.75) is 0 Å². The molecule has 122 valence electrons. The van der Waals surface area contributed by atoms with Crippen LogP contribution in [0.2, 0.25) is 0 Å². The Kier molecular flexibility index (Phi) is 3.91. The highest BCUT2D eigenvalue weighted by Gasteiger charge is 2.25. The number of para-hydroxylation sites is 1. The Balaban J connectivity index is 1.43. The number of nitrogens with zero attached hydrogens (tertiary/aromatic N) is 3. The molecule has 1 aromatic heterocycles. The standard InChI is InChI=1S/C19H19N3O2/c23-19(16-13-15-3-1-2-4-18(15)24-14-16)22-11-9-21(10-12-22)17-5-7-20-8-6-17/h1-8,13H,9-12,14H2. The maximum Gasteiger partial charge on any atom is 0.253 e. The van der Waals surface area contributed by atoms with Crippen molar-refractivity contribution < 1.29 is 9.53 Å². The van der Waals surface area contributed by atoms with Gasteiger partial charge >= 0.3 is 0 Å². The number of ether oxygens (including phenoxy) is 1. The third kappa shape index (κ3) is 2.85. The van der Waals surface area contributed by atoms with Crippen molar-refractivity contribution in [1.29, 1.82) is 0 Å². The van der Waals surface area contributed by atoms with Gasteiger partial charge in [-0.15, -0.1) is 0 Å². The largest absolute Gasteiger partial charge is 0.488 e. The van der Waals surface area contributed by atoms with Gasteiger partial charge in [0.15, 0.2) is 0 Å². The number of pyridine rings is 1. The Labute approximate surface area is 141 Å². The van der Waals surface area contributed by atoms with Crippen LogP contribution in [0, 0.1) is 0 Å². The molecule has 1 amide bonds. The first kappa shape index (κ1) is 14.8. The minimum absolute atomic E-state index is 0.0823. The Morgan fingerprint density at radius 2 is 1.75 bits per heavy atom. The van der Waals surface area contributed by atoms with Crippen molar-refractivity contribution in [1.82, 2.24) is 9.88 Å². The van der Waals surface area contributed by atoms with Gasteiger partial charge in [0, 0.05) is 49.8 Å². The van der Waals surface area contributed by atoms with E-state index in [1.165, 1.54) is 0 Å². The molecule has 1 aromatic carbocycles. The number of carbonyl (C=O) groups is 1. The SMILES string of the molecule is O=C(C1=Cc2ccccc2OC1)N1CCN(c2ccncc2)CC1. The minimum atomic E-state index is 0.0823. The lowest BCUT2D eigenvalue weighted by Gasteiger charge is -2.36. The number of hydrogen-bond acceptors (Lipinski definition) is 4. The normalized spacial score (nSPS) is 16.9. The van der Waals surface area contributed by atoms with E-state index in [0.29, 0.717) is 6.61 Å². The van der Waals surface area contributed by atoms with Gasteiger partial charge in [-0.2, -0.15) is 0 Å². The van der Waals surface area contributed by atoms with Gasteiger partial charge in [0.05, 0.1) is 5.57 Å². The summed E-state index contributed by atoms with van der Waals surface area (Å²) in [7, 11) is 0. The van der Waals surface area contributed by atoms with E-state index < -0.39 is 0 Å². The van der Waals surface area contributed by atoms with E-state index in [2.05, 4.69) is 9.88 Å². The van der Waals surface area contributed by atoms with Crippen LogP contribution in [0.4, 0.5) is 5.69 Å². The van der Waals surface area contributed by atoms with E-state index in [1.54, 1.807) is 12.4 Å². The van der Waals surface area contributed by atoms with Crippen molar-refractivity contribution in [2.24, 2.45) is 0 Å². The first-order valence-corrected chi connectivity index (χ1v) is 8.18. The first-order chi connectivity index (χ1) is 11.8. The predicted molar refractivity (Wildman–Crippen MR) is 92.9 cm³/mol. The molecule has 0 bridgehead atoms. The van der Waals surface area contributed by atoms with Crippen LogP contribution in [0.1, 0.15) is 5.56 Å². The van der Waals surface area contributed by atoms with E-state index >= 15 is 0 Å². The molecule has 2 aromatic rings. The van der Waals surface area contributed by atoms with E-state index in [9.17, 15) is 4.79 Å². The molecule has 5 heteroatoms. The number of carbonyl (C=O) groups excluding carboxylic acids is 1. The molecule has 0 spiro atoms. The fourth-order valence-corrected chi connectivity index (χ4v) is 3.17. The monoisotopic (exact) mass is 321 g/mol. The van der Waals surface area contributed by atoms with Gasteiger partial charge in [-0.05, 0) is 24.3 Å². The van der Waals surface area contributed by atoms with E-state index in [0.717, 1.165) is 48.8 Å². The number of benzene rings is 1. The highest BCUT2D eigenvalue weighted by molar-refractivity contribution is 5.99. The zero-order valence-corrected chi connectivity index (χ0v) is 13.4. The summed E-state index contributed by atoms with van der Waals surface area (Å²) in [6, 6.07) is 11.8. The fourth-order valence-electron chi connectivity index (χ4n) is 3.17. The van der Waals surface area contributed by atoms with E-state index in [4.69, 9.17) is 4.74 Å². The molecule has 4 rings (SSSR count). The van der Waals surface area contributed by atoms with Crippen molar-refractivity contribution in [3.8, 4) is 5.75 Å². The topological polar surface area (TPSA) is 45.7 Å². The number of anilines is 1. The third-order valence-corrected chi connectivity index (χ3v) is 4.50. The molecule has 24 heavy (non-hydrogen) atoms. The number of amides is 1. The van der Waals surface area contributed by atoms with E-state index in [-0.39, 0.29) is 5.91 Å². The third-order valence-electron chi connectivity index (χ3n) is 4.50. The summed E-state index contributed by atoms with van der Waals surface area (Å²) in [6.45, 7) is 3.46. The van der Waals surface area contributed by atoms with E-state index in [1.807, 2.05) is 47.4 Å². The zero-order valence-electron chi connectivity index (χ0n) is 13.4. The molecular weight excluding hydrogens is 302 g/mol. The van der Waals surface area contributed by atoms with Crippen LogP contribution in [0.5, 0.6) is 5.75 Å². The van der Waals surface area contributed by atoms with Gasteiger partial charge in [0.2, 0.25) is 0 Å². The summed E-state index contributed by atoms with van der Waals surface area (Å²) in [4.78, 5) is 21.0. The minimum Gasteiger partial charge on any atom is -0.488 e. The van der Waals surface area contributed by atoms with Gasteiger partial charge in [-0.1, -0.05) is 18.2 Å². The quantitative estimate of drug-likeness (QED) is 0.851. The summed E-state index contributed by atoms with van der Waals surface area (Å²) in [6.07, 6.45) is 5.55. The van der Waals surface area contributed by atoms with Crippen LogP contribution < -0.4 is 9.64 Å². The van der Waals surface area contributed by atoms with Crippen molar-refractivity contribution in [3.63, 3.8) is 0 Å². The Morgan fingerprint density at radius 1 is 1.00 bits per heavy atom. The molecule has 1 fully saturated rings. The van der Waals surface area contributed by atoms with Gasteiger partial charge in [0.25, 0.3) is 5.91 Å². The molecule has 0 N–H and O–H groups in total. The molecule has 1 saturated heterocycles. The maximum atomic E-state index is 12.8. The second-order valence-corrected chi connectivity index (χ2v) is 5.98. The molecule has 5 nitrogen and oxygen atoms in total. The first-order valence-electron chi connectivity index (χ1n) is 8.18. The Hall–Kier alpha value is -2.82. The highest BCUT2D eigenvalue weighted by Crippen LogP contribution is 2.26. The lowest BCUT2D eigenvalue weighted by Crippen LogP contribution is -2.49. The fraction of sp³-hybridized carbons (Fsp3) is 0.263. The Morgan fingerprint density at radius 3 is 2.54 bits per heavy atom. The molecule has 0 radical (unpaired) electrons. The maximum absolute atomic E-state index is 12.8. The van der Waals surface area contributed by atoms with Gasteiger partial charge in [-0.3, -0.25) is 9.78 Å². The lowest BCUT2D eigenvalue weighted by molar-refractivity contribution is -0.127. The number of piperazine rings is 1. The summed E-state index contributed by atoms with van der Waals surface area (Å²) in [5.41, 5.74) is 2.86. The number of rotatable bonds is 2. The van der Waals surface area contributed by atoms with Crippen LogP contribution in [0.15, 0.2) is 54.4 Å². The van der Waals surface area contributed by atoms with Crippen molar-refractivity contribution in [3.05, 3.63) is 59.9 Å². The number of aromatic nitrogens is 1. The predicted octanol–water partition coefficient (Wildman–Crippen LogP) is 2.21. The summed E-state index contributed by atoms with van der Waals surface area (Å²) in [5, 5.41) is 0. The van der Waals surface area contributed by atoms with Crippen molar-refractivity contribution >= 4 is 17.7 Å². The molecule has 2 aliphatic rings. The smallest absolute Gasteiger partial charge is 0.253 e.